The van der Waals surface area contributed by atoms with Crippen molar-refractivity contribution in [3.63, 3.8) is 0 Å². The predicted octanol–water partition coefficient (Wildman–Crippen LogP) is 3.22. The fourth-order valence-corrected chi connectivity index (χ4v) is 5.59. The molecule has 8 heteroatoms. The molecule has 1 unspecified atom stereocenters. The van der Waals surface area contributed by atoms with Gasteiger partial charge in [-0.25, -0.2) is 4.68 Å². The van der Waals surface area contributed by atoms with E-state index in [1.165, 1.54) is 18.4 Å². The van der Waals surface area contributed by atoms with Crippen LogP contribution in [0, 0.1) is 18.8 Å². The Kier molecular flexibility index (Phi) is 4.24. The van der Waals surface area contributed by atoms with Crippen molar-refractivity contribution in [1.82, 2.24) is 25.0 Å². The Hall–Kier alpha value is -2.90. The quantitative estimate of drug-likeness (QED) is 0.713. The molecule has 156 valence electrons. The highest BCUT2D eigenvalue weighted by molar-refractivity contribution is 5.35. The molecule has 1 aliphatic carbocycles. The number of aromatic nitrogens is 5. The average molecular weight is 406 g/mol. The van der Waals surface area contributed by atoms with Crippen LogP contribution in [0.25, 0.3) is 0 Å². The SMILES string of the molecule is Cc1nnc(N2C[C@H]3CC[C@@H](C2)[C@@H]3Nc2nc3n(n2)CCCC3c2ccccc2)o1. The summed E-state index contributed by atoms with van der Waals surface area (Å²) in [7, 11) is 0. The molecule has 2 aromatic heterocycles. The Morgan fingerprint density at radius 1 is 1.03 bits per heavy atom. The van der Waals surface area contributed by atoms with E-state index in [1.54, 1.807) is 0 Å². The number of rotatable bonds is 4. The Morgan fingerprint density at radius 3 is 2.57 bits per heavy atom. The smallest absolute Gasteiger partial charge is 0.318 e. The summed E-state index contributed by atoms with van der Waals surface area (Å²) < 4.78 is 7.78. The van der Waals surface area contributed by atoms with Gasteiger partial charge in [0.25, 0.3) is 0 Å². The number of hydrogen-bond donors (Lipinski definition) is 1. The van der Waals surface area contributed by atoms with Crippen molar-refractivity contribution >= 4 is 12.0 Å². The minimum atomic E-state index is 0.335. The zero-order chi connectivity index (χ0) is 20.1. The summed E-state index contributed by atoms with van der Waals surface area (Å²) in [4.78, 5) is 7.21. The van der Waals surface area contributed by atoms with Gasteiger partial charge in [0.1, 0.15) is 5.82 Å². The molecule has 2 fully saturated rings. The van der Waals surface area contributed by atoms with Crippen LogP contribution in [0.2, 0.25) is 0 Å². The van der Waals surface area contributed by atoms with Crippen molar-refractivity contribution in [2.75, 3.05) is 23.3 Å². The van der Waals surface area contributed by atoms with Crippen LogP contribution in [0.1, 0.15) is 48.9 Å². The summed E-state index contributed by atoms with van der Waals surface area (Å²) in [5.74, 6) is 3.93. The Bertz CT molecular complexity index is 1020. The maximum absolute atomic E-state index is 5.67. The lowest BCUT2D eigenvalue weighted by Gasteiger charge is -2.37. The molecule has 6 rings (SSSR count). The van der Waals surface area contributed by atoms with Gasteiger partial charge in [-0.2, -0.15) is 4.98 Å². The number of anilines is 2. The maximum atomic E-state index is 5.67. The molecule has 3 aromatic rings. The van der Waals surface area contributed by atoms with E-state index in [0.29, 0.717) is 35.7 Å². The van der Waals surface area contributed by atoms with E-state index in [-0.39, 0.29) is 0 Å². The van der Waals surface area contributed by atoms with Crippen LogP contribution in [0.3, 0.4) is 0 Å². The third kappa shape index (κ3) is 3.05. The highest BCUT2D eigenvalue weighted by atomic mass is 16.4. The van der Waals surface area contributed by atoms with Crippen LogP contribution in [-0.2, 0) is 6.54 Å². The van der Waals surface area contributed by atoms with Crippen molar-refractivity contribution in [3.8, 4) is 0 Å². The molecule has 4 heterocycles. The Balaban J connectivity index is 1.20. The first kappa shape index (κ1) is 17.9. The fourth-order valence-electron chi connectivity index (χ4n) is 5.59. The highest BCUT2D eigenvalue weighted by Crippen LogP contribution is 2.40. The molecule has 1 aromatic carbocycles. The van der Waals surface area contributed by atoms with Gasteiger partial charge in [0.05, 0.1) is 0 Å². The minimum Gasteiger partial charge on any atom is -0.408 e. The number of aryl methyl sites for hydroxylation is 2. The standard InChI is InChI=1S/C22H27N7O/c1-14-25-26-22(30-14)28-12-16-9-10-17(13-28)19(16)23-21-24-20-18(8-5-11-29(20)27-21)15-6-3-2-4-7-15/h2-4,6-7,16-19H,5,8-13H2,1H3,(H,23,27)/t16-,17+,18?,19-. The Morgan fingerprint density at radius 2 is 1.83 bits per heavy atom. The van der Waals surface area contributed by atoms with E-state index in [9.17, 15) is 0 Å². The van der Waals surface area contributed by atoms with Crippen molar-refractivity contribution in [1.29, 1.82) is 0 Å². The first-order valence-electron chi connectivity index (χ1n) is 11.1. The zero-order valence-electron chi connectivity index (χ0n) is 17.2. The Labute approximate surface area is 175 Å². The van der Waals surface area contributed by atoms with Gasteiger partial charge in [0.15, 0.2) is 0 Å². The molecule has 1 N–H and O–H groups in total. The largest absolute Gasteiger partial charge is 0.408 e. The van der Waals surface area contributed by atoms with Crippen molar-refractivity contribution in [3.05, 3.63) is 47.6 Å². The molecule has 30 heavy (non-hydrogen) atoms. The summed E-state index contributed by atoms with van der Waals surface area (Å²) in [5.41, 5.74) is 1.33. The van der Waals surface area contributed by atoms with Crippen LogP contribution in [0.4, 0.5) is 12.0 Å². The van der Waals surface area contributed by atoms with E-state index in [1.807, 2.05) is 6.92 Å². The summed E-state index contributed by atoms with van der Waals surface area (Å²) in [5, 5.41) is 16.8. The van der Waals surface area contributed by atoms with Gasteiger partial charge in [0.2, 0.25) is 11.8 Å². The van der Waals surface area contributed by atoms with Gasteiger partial charge in [-0.1, -0.05) is 35.4 Å². The fraction of sp³-hybridized carbons (Fsp3) is 0.545. The summed E-state index contributed by atoms with van der Waals surface area (Å²) >= 11 is 0. The molecule has 0 amide bonds. The first-order valence-corrected chi connectivity index (χ1v) is 11.1. The lowest BCUT2D eigenvalue weighted by Crippen LogP contribution is -2.48. The molecule has 1 saturated heterocycles. The summed E-state index contributed by atoms with van der Waals surface area (Å²) in [6.07, 6.45) is 4.70. The van der Waals surface area contributed by atoms with Gasteiger partial charge in [0, 0.05) is 38.5 Å². The van der Waals surface area contributed by atoms with Crippen LogP contribution in [0.15, 0.2) is 34.7 Å². The molecule has 8 nitrogen and oxygen atoms in total. The third-order valence-corrected chi connectivity index (χ3v) is 6.99. The molecule has 3 aliphatic rings. The molecule has 0 spiro atoms. The van der Waals surface area contributed by atoms with Gasteiger partial charge >= 0.3 is 6.01 Å². The number of hydrogen-bond acceptors (Lipinski definition) is 7. The van der Waals surface area contributed by atoms with Crippen LogP contribution < -0.4 is 10.2 Å². The number of nitrogens with one attached hydrogen (secondary N) is 1. The number of piperidine rings is 1. The van der Waals surface area contributed by atoms with E-state index < -0.39 is 0 Å². The average Bonchev–Trinajstić information content (AvgIpc) is 3.44. The second-order valence-corrected chi connectivity index (χ2v) is 8.90. The number of fused-ring (bicyclic) bond motifs is 3. The van der Waals surface area contributed by atoms with Crippen LogP contribution in [0.5, 0.6) is 0 Å². The molecule has 2 bridgehead atoms. The third-order valence-electron chi connectivity index (χ3n) is 6.99. The lowest BCUT2D eigenvalue weighted by molar-refractivity contribution is 0.356. The topological polar surface area (TPSA) is 84.9 Å². The van der Waals surface area contributed by atoms with Gasteiger partial charge in [-0.3, -0.25) is 0 Å². The van der Waals surface area contributed by atoms with Crippen LogP contribution >= 0.6 is 0 Å². The van der Waals surface area contributed by atoms with E-state index in [4.69, 9.17) is 14.5 Å². The molecule has 4 atom stereocenters. The molecule has 0 radical (unpaired) electrons. The second-order valence-electron chi connectivity index (χ2n) is 8.90. The van der Waals surface area contributed by atoms with Gasteiger partial charge < -0.3 is 14.6 Å². The normalized spacial score (nSPS) is 27.8. The van der Waals surface area contributed by atoms with E-state index >= 15 is 0 Å². The van der Waals surface area contributed by atoms with E-state index in [2.05, 4.69) is 55.4 Å². The second kappa shape index (κ2) is 7.11. The predicted molar refractivity (Wildman–Crippen MR) is 112 cm³/mol. The monoisotopic (exact) mass is 405 g/mol. The lowest BCUT2D eigenvalue weighted by atomic mass is 9.91. The summed E-state index contributed by atoms with van der Waals surface area (Å²) in [6, 6.07) is 11.8. The van der Waals surface area contributed by atoms with Crippen molar-refractivity contribution in [2.24, 2.45) is 11.8 Å². The van der Waals surface area contributed by atoms with E-state index in [0.717, 1.165) is 44.2 Å². The zero-order valence-corrected chi connectivity index (χ0v) is 17.2. The summed E-state index contributed by atoms with van der Waals surface area (Å²) in [6.45, 7) is 4.68. The highest BCUT2D eigenvalue weighted by Gasteiger charge is 2.44. The number of nitrogens with zero attached hydrogens (tertiary/aromatic N) is 6. The van der Waals surface area contributed by atoms with Gasteiger partial charge in [-0.15, -0.1) is 10.2 Å². The molecular weight excluding hydrogens is 378 g/mol. The molecule has 1 saturated carbocycles. The first-order chi connectivity index (χ1) is 14.7. The van der Waals surface area contributed by atoms with Crippen molar-refractivity contribution in [2.45, 2.75) is 51.1 Å². The van der Waals surface area contributed by atoms with Gasteiger partial charge in [-0.05, 0) is 43.1 Å². The maximum Gasteiger partial charge on any atom is 0.318 e. The molecular formula is C22H27N7O. The van der Waals surface area contributed by atoms with Crippen molar-refractivity contribution < 1.29 is 4.42 Å². The number of benzene rings is 1. The molecule has 2 aliphatic heterocycles. The minimum absolute atomic E-state index is 0.335. The van der Waals surface area contributed by atoms with Crippen LogP contribution in [-0.4, -0.2) is 44.1 Å².